The summed E-state index contributed by atoms with van der Waals surface area (Å²) in [6.45, 7) is 0.191. The molecule has 1 atom stereocenters. The molecule has 0 bridgehead atoms. The number of nitrogens with zero attached hydrogens (tertiary/aromatic N) is 1. The van der Waals surface area contributed by atoms with Gasteiger partial charge in [0, 0.05) is 26.4 Å². The van der Waals surface area contributed by atoms with Crippen LogP contribution in [0.1, 0.15) is 38.5 Å². The van der Waals surface area contributed by atoms with Crippen molar-refractivity contribution in [3.8, 4) is 0 Å². The Morgan fingerprint density at radius 3 is 2.77 bits per heavy atom. The summed E-state index contributed by atoms with van der Waals surface area (Å²) in [7, 11) is -1.66. The van der Waals surface area contributed by atoms with Crippen LogP contribution in [0.5, 0.6) is 0 Å². The highest BCUT2D eigenvalue weighted by molar-refractivity contribution is 7.91. The quantitative estimate of drug-likeness (QED) is 0.768. The molecule has 0 spiro atoms. The number of hydrogen-bond acceptors (Lipinski definition) is 4. The second-order valence-electron chi connectivity index (χ2n) is 6.02. The topological polar surface area (TPSA) is 83.6 Å². The van der Waals surface area contributed by atoms with Crippen molar-refractivity contribution in [2.75, 3.05) is 25.1 Å². The Morgan fingerprint density at radius 2 is 2.14 bits per heavy atom. The Hall–Kier alpha value is -1.37. The van der Waals surface area contributed by atoms with Crippen LogP contribution in [-0.4, -0.2) is 56.3 Å². The smallest absolute Gasteiger partial charge is 0.226 e. The van der Waals surface area contributed by atoms with Gasteiger partial charge in [0.15, 0.2) is 9.84 Å². The van der Waals surface area contributed by atoms with E-state index in [0.717, 1.165) is 24.8 Å². The Kier molecular flexibility index (Phi) is 5.61. The van der Waals surface area contributed by atoms with Crippen LogP contribution in [0.3, 0.4) is 0 Å². The fraction of sp³-hybridized carbons (Fsp3) is 0.733. The van der Waals surface area contributed by atoms with Crippen LogP contribution in [0.4, 0.5) is 0 Å². The minimum Gasteiger partial charge on any atom is -0.359 e. The van der Waals surface area contributed by atoms with Crippen LogP contribution in [0.2, 0.25) is 0 Å². The Bertz CT molecular complexity index is 568. The zero-order valence-corrected chi connectivity index (χ0v) is 13.8. The van der Waals surface area contributed by atoms with E-state index in [1.54, 1.807) is 4.90 Å². The lowest BCUT2D eigenvalue weighted by Gasteiger charge is -2.35. The number of hydrogen-bond donors (Lipinski definition) is 1. The highest BCUT2D eigenvalue weighted by Crippen LogP contribution is 2.23. The third kappa shape index (κ3) is 4.56. The molecule has 1 aliphatic heterocycles. The molecule has 0 aromatic carbocycles. The highest BCUT2D eigenvalue weighted by atomic mass is 32.2. The first-order valence-corrected chi connectivity index (χ1v) is 9.62. The van der Waals surface area contributed by atoms with Crippen LogP contribution in [-0.2, 0) is 19.4 Å². The Morgan fingerprint density at radius 1 is 1.36 bits per heavy atom. The van der Waals surface area contributed by atoms with Crippen molar-refractivity contribution in [2.24, 2.45) is 0 Å². The summed E-state index contributed by atoms with van der Waals surface area (Å²) in [6.07, 6.45) is 6.74. The molecule has 7 heteroatoms. The third-order valence-electron chi connectivity index (χ3n) is 4.31. The summed E-state index contributed by atoms with van der Waals surface area (Å²) in [5.74, 6) is -0.429. The van der Waals surface area contributed by atoms with Crippen molar-refractivity contribution < 1.29 is 18.0 Å². The monoisotopic (exact) mass is 328 g/mol. The van der Waals surface area contributed by atoms with E-state index in [0.29, 0.717) is 6.42 Å². The van der Waals surface area contributed by atoms with Gasteiger partial charge in [0.25, 0.3) is 0 Å². The molecule has 1 fully saturated rings. The predicted octanol–water partition coefficient (Wildman–Crippen LogP) is 0.639. The van der Waals surface area contributed by atoms with Crippen LogP contribution < -0.4 is 5.32 Å². The molecule has 0 radical (unpaired) electrons. The lowest BCUT2D eigenvalue weighted by Crippen LogP contribution is -2.52. The van der Waals surface area contributed by atoms with Gasteiger partial charge in [-0.25, -0.2) is 8.42 Å². The third-order valence-corrected chi connectivity index (χ3v) is 6.01. The summed E-state index contributed by atoms with van der Waals surface area (Å²) < 4.78 is 23.6. The molecule has 6 nitrogen and oxygen atoms in total. The van der Waals surface area contributed by atoms with E-state index < -0.39 is 15.9 Å². The molecule has 22 heavy (non-hydrogen) atoms. The van der Waals surface area contributed by atoms with Crippen LogP contribution in [0, 0.1) is 0 Å². The van der Waals surface area contributed by atoms with Crippen LogP contribution in [0.25, 0.3) is 0 Å². The van der Waals surface area contributed by atoms with Crippen molar-refractivity contribution in [2.45, 2.75) is 44.6 Å². The van der Waals surface area contributed by atoms with Gasteiger partial charge in [-0.1, -0.05) is 11.6 Å². The number of amides is 2. The van der Waals surface area contributed by atoms with Crippen LogP contribution in [0.15, 0.2) is 11.6 Å². The molecule has 0 saturated carbocycles. The van der Waals surface area contributed by atoms with E-state index in [2.05, 4.69) is 11.4 Å². The van der Waals surface area contributed by atoms with Gasteiger partial charge in [-0.3, -0.25) is 9.59 Å². The molecule has 0 aromatic rings. The number of rotatable bonds is 4. The second-order valence-corrected chi connectivity index (χ2v) is 8.25. The number of carbonyl (C=O) groups excluding carboxylic acids is 2. The first-order chi connectivity index (χ1) is 10.4. The molecule has 124 valence electrons. The average molecular weight is 328 g/mol. The first-order valence-electron chi connectivity index (χ1n) is 7.79. The van der Waals surface area contributed by atoms with Crippen molar-refractivity contribution in [1.82, 2.24) is 10.2 Å². The Balaban J connectivity index is 2.06. The highest BCUT2D eigenvalue weighted by Gasteiger charge is 2.35. The zero-order valence-electron chi connectivity index (χ0n) is 13.0. The molecule has 1 unspecified atom stereocenters. The molecular weight excluding hydrogens is 304 g/mol. The number of allylic oxidation sites excluding steroid dienone is 1. The first kappa shape index (κ1) is 17.0. The summed E-state index contributed by atoms with van der Waals surface area (Å²) in [6, 6.07) is -0.546. The van der Waals surface area contributed by atoms with Gasteiger partial charge in [0.05, 0.1) is 17.5 Å². The van der Waals surface area contributed by atoms with Gasteiger partial charge in [-0.15, -0.1) is 0 Å². The SMILES string of the molecule is CNC(=O)CC1CS(=O)(=O)CCN1C(=O)CC1=CCCCC1. The largest absolute Gasteiger partial charge is 0.359 e. The molecular formula is C15H24N2O4S. The van der Waals surface area contributed by atoms with E-state index in [9.17, 15) is 18.0 Å². The lowest BCUT2D eigenvalue weighted by molar-refractivity contribution is -0.133. The minimum absolute atomic E-state index is 0.0119. The van der Waals surface area contributed by atoms with Gasteiger partial charge in [-0.05, 0) is 25.7 Å². The van der Waals surface area contributed by atoms with Crippen molar-refractivity contribution in [3.05, 3.63) is 11.6 Å². The predicted molar refractivity (Wildman–Crippen MR) is 84.0 cm³/mol. The molecule has 2 aliphatic rings. The molecule has 1 N–H and O–H groups in total. The summed E-state index contributed by atoms with van der Waals surface area (Å²) >= 11 is 0. The molecule has 0 aromatic heterocycles. The van der Waals surface area contributed by atoms with Crippen molar-refractivity contribution in [1.29, 1.82) is 0 Å². The average Bonchev–Trinajstić information content (AvgIpc) is 2.47. The van der Waals surface area contributed by atoms with E-state index in [4.69, 9.17) is 0 Å². The molecule has 1 saturated heterocycles. The van der Waals surface area contributed by atoms with Gasteiger partial charge in [0.1, 0.15) is 0 Å². The molecule has 2 amide bonds. The molecule has 2 rings (SSSR count). The van der Waals surface area contributed by atoms with Gasteiger partial charge >= 0.3 is 0 Å². The number of nitrogens with one attached hydrogen (secondary N) is 1. The standard InChI is InChI=1S/C15H24N2O4S/c1-16-14(18)10-13-11-22(20,21)8-7-17(13)15(19)9-12-5-3-2-4-6-12/h5,13H,2-4,6-11H2,1H3,(H,16,18). The zero-order chi connectivity index (χ0) is 16.2. The van der Waals surface area contributed by atoms with E-state index >= 15 is 0 Å². The summed E-state index contributed by atoms with van der Waals surface area (Å²) in [5.41, 5.74) is 1.14. The molecule has 1 heterocycles. The van der Waals surface area contributed by atoms with E-state index in [1.165, 1.54) is 13.5 Å². The normalized spacial score (nSPS) is 24.5. The van der Waals surface area contributed by atoms with Gasteiger partial charge < -0.3 is 10.2 Å². The summed E-state index contributed by atoms with van der Waals surface area (Å²) in [4.78, 5) is 25.7. The van der Waals surface area contributed by atoms with E-state index in [-0.39, 0.29) is 36.3 Å². The maximum Gasteiger partial charge on any atom is 0.226 e. The van der Waals surface area contributed by atoms with Crippen LogP contribution >= 0.6 is 0 Å². The molecule has 1 aliphatic carbocycles. The maximum absolute atomic E-state index is 12.5. The second kappa shape index (κ2) is 7.26. The lowest BCUT2D eigenvalue weighted by atomic mass is 9.96. The van der Waals surface area contributed by atoms with Gasteiger partial charge in [0.2, 0.25) is 11.8 Å². The fourth-order valence-corrected chi connectivity index (χ4v) is 4.59. The van der Waals surface area contributed by atoms with Gasteiger partial charge in [-0.2, -0.15) is 0 Å². The van der Waals surface area contributed by atoms with Crippen molar-refractivity contribution >= 4 is 21.7 Å². The fourth-order valence-electron chi connectivity index (χ4n) is 3.06. The maximum atomic E-state index is 12.5. The van der Waals surface area contributed by atoms with Crippen molar-refractivity contribution in [3.63, 3.8) is 0 Å². The summed E-state index contributed by atoms with van der Waals surface area (Å²) in [5, 5.41) is 2.50. The number of carbonyl (C=O) groups is 2. The van der Waals surface area contributed by atoms with E-state index in [1.807, 2.05) is 0 Å². The number of sulfone groups is 1. The Labute approximate surface area is 131 Å². The minimum atomic E-state index is -3.17.